The van der Waals surface area contributed by atoms with Gasteiger partial charge in [0.05, 0.1) is 12.2 Å². The van der Waals surface area contributed by atoms with E-state index in [-0.39, 0.29) is 30.0 Å². The summed E-state index contributed by atoms with van der Waals surface area (Å²) >= 11 is 0. The highest BCUT2D eigenvalue weighted by atomic mass is 16.4. The molecule has 160 valence electrons. The van der Waals surface area contributed by atoms with E-state index in [9.17, 15) is 15.0 Å². The van der Waals surface area contributed by atoms with Crippen molar-refractivity contribution in [2.45, 2.75) is 97.2 Å². The van der Waals surface area contributed by atoms with Gasteiger partial charge in [0.25, 0.3) is 0 Å². The monoisotopic (exact) mass is 392 g/mol. The molecule has 28 heavy (non-hydrogen) atoms. The standard InChI is InChI=1S/C24H40O4/c1-14(4-7-22(27)28)17-5-6-18-16-13-21(26)20-12-15(25)8-10-24(20,3)19(16)9-11-23(17,18)2/h14-21,25-26H,4-13H2,1-3H3,(H,27,28)/t14-,15-,16+,17+,18-,19+,20+,21+,23+,24-/m1/s1. The Kier molecular flexibility index (Phi) is 5.36. The number of rotatable bonds is 4. The second-order valence-electron chi connectivity index (χ2n) is 11.4. The molecule has 0 aromatic heterocycles. The summed E-state index contributed by atoms with van der Waals surface area (Å²) in [5.41, 5.74) is 0.478. The molecule has 0 aromatic carbocycles. The quantitative estimate of drug-likeness (QED) is 0.659. The van der Waals surface area contributed by atoms with Crippen molar-refractivity contribution in [3.05, 3.63) is 0 Å². The highest BCUT2D eigenvalue weighted by Gasteiger charge is 2.62. The van der Waals surface area contributed by atoms with Crippen molar-refractivity contribution in [3.8, 4) is 0 Å². The van der Waals surface area contributed by atoms with Crippen molar-refractivity contribution < 1.29 is 20.1 Å². The van der Waals surface area contributed by atoms with E-state index >= 15 is 0 Å². The van der Waals surface area contributed by atoms with Crippen LogP contribution in [0.4, 0.5) is 0 Å². The van der Waals surface area contributed by atoms with Crippen molar-refractivity contribution in [2.24, 2.45) is 46.3 Å². The van der Waals surface area contributed by atoms with Gasteiger partial charge in [0.15, 0.2) is 0 Å². The summed E-state index contributed by atoms with van der Waals surface area (Å²) in [6, 6.07) is 0. The third-order valence-corrected chi connectivity index (χ3v) is 10.2. The molecule has 0 heterocycles. The first-order chi connectivity index (χ1) is 13.2. The van der Waals surface area contributed by atoms with Crippen LogP contribution in [-0.4, -0.2) is 33.5 Å². The Labute approximate surface area is 170 Å². The fraction of sp³-hybridized carbons (Fsp3) is 0.958. The largest absolute Gasteiger partial charge is 0.481 e. The van der Waals surface area contributed by atoms with Crippen LogP contribution in [0.1, 0.15) is 85.0 Å². The maximum absolute atomic E-state index is 11.1. The zero-order valence-corrected chi connectivity index (χ0v) is 17.9. The van der Waals surface area contributed by atoms with Gasteiger partial charge in [-0.15, -0.1) is 0 Å². The summed E-state index contributed by atoms with van der Waals surface area (Å²) < 4.78 is 0. The minimum absolute atomic E-state index is 0.176. The number of aliphatic hydroxyl groups excluding tert-OH is 2. The molecular weight excluding hydrogens is 352 g/mol. The lowest BCUT2D eigenvalue weighted by Crippen LogP contribution is -2.58. The van der Waals surface area contributed by atoms with E-state index in [4.69, 9.17) is 5.11 Å². The topological polar surface area (TPSA) is 77.8 Å². The number of hydrogen-bond donors (Lipinski definition) is 3. The maximum Gasteiger partial charge on any atom is 0.303 e. The summed E-state index contributed by atoms with van der Waals surface area (Å²) in [6.45, 7) is 7.16. The minimum atomic E-state index is -0.677. The SMILES string of the molecule is C[C@H](CCC(=O)O)[C@@H]1CC[C@@H]2[C@@H]3C[C@H](O)[C@@H]4C[C@H](O)CC[C@]4(C)[C@H]3CC[C@]21C. The molecule has 4 fully saturated rings. The van der Waals surface area contributed by atoms with Gasteiger partial charge in [0.2, 0.25) is 0 Å². The van der Waals surface area contributed by atoms with E-state index in [1.165, 1.54) is 25.7 Å². The molecule has 0 spiro atoms. The Bertz CT molecular complexity index is 605. The van der Waals surface area contributed by atoms with Gasteiger partial charge < -0.3 is 15.3 Å². The molecule has 4 rings (SSSR count). The highest BCUT2D eigenvalue weighted by Crippen LogP contribution is 2.68. The van der Waals surface area contributed by atoms with Crippen LogP contribution in [0.5, 0.6) is 0 Å². The van der Waals surface area contributed by atoms with Crippen molar-refractivity contribution in [1.29, 1.82) is 0 Å². The van der Waals surface area contributed by atoms with Gasteiger partial charge in [0, 0.05) is 6.42 Å². The average Bonchev–Trinajstić information content (AvgIpc) is 2.99. The molecule has 0 amide bonds. The van der Waals surface area contributed by atoms with Gasteiger partial charge in [-0.2, -0.15) is 0 Å². The highest BCUT2D eigenvalue weighted by molar-refractivity contribution is 5.66. The molecule has 4 aliphatic carbocycles. The number of aliphatic carboxylic acids is 1. The van der Waals surface area contributed by atoms with Crippen LogP contribution < -0.4 is 0 Å². The Hall–Kier alpha value is -0.610. The molecule has 10 atom stereocenters. The van der Waals surface area contributed by atoms with E-state index in [0.717, 1.165) is 32.1 Å². The molecule has 4 saturated carbocycles. The third kappa shape index (κ3) is 3.14. The fourth-order valence-corrected chi connectivity index (χ4v) is 8.81. The maximum atomic E-state index is 11.1. The van der Waals surface area contributed by atoms with E-state index < -0.39 is 5.97 Å². The normalized spacial score (nSPS) is 51.7. The fourth-order valence-electron chi connectivity index (χ4n) is 8.81. The van der Waals surface area contributed by atoms with E-state index in [0.29, 0.717) is 35.0 Å². The lowest BCUT2D eigenvalue weighted by atomic mass is 9.44. The Morgan fingerprint density at radius 3 is 2.36 bits per heavy atom. The molecule has 3 N–H and O–H groups in total. The molecule has 0 aromatic rings. The second kappa shape index (κ2) is 7.27. The third-order valence-electron chi connectivity index (χ3n) is 10.2. The van der Waals surface area contributed by atoms with Crippen LogP contribution in [0.15, 0.2) is 0 Å². The lowest BCUT2D eigenvalue weighted by Gasteiger charge is -2.62. The Balaban J connectivity index is 1.55. The van der Waals surface area contributed by atoms with E-state index in [1.807, 2.05) is 0 Å². The van der Waals surface area contributed by atoms with E-state index in [1.54, 1.807) is 0 Å². The van der Waals surface area contributed by atoms with E-state index in [2.05, 4.69) is 20.8 Å². The number of hydrogen-bond acceptors (Lipinski definition) is 3. The van der Waals surface area contributed by atoms with Crippen molar-refractivity contribution >= 4 is 5.97 Å². The summed E-state index contributed by atoms with van der Waals surface area (Å²) in [4.78, 5) is 11.1. The number of aliphatic hydroxyl groups is 2. The first-order valence-corrected chi connectivity index (χ1v) is 11.7. The smallest absolute Gasteiger partial charge is 0.303 e. The number of carboxylic acid groups (broad SMARTS) is 1. The van der Waals surface area contributed by atoms with Gasteiger partial charge in [-0.3, -0.25) is 4.79 Å². The van der Waals surface area contributed by atoms with Gasteiger partial charge in [-0.05, 0) is 104 Å². The van der Waals surface area contributed by atoms with Crippen LogP contribution in [0.25, 0.3) is 0 Å². The van der Waals surface area contributed by atoms with Gasteiger partial charge in [0.1, 0.15) is 0 Å². The summed E-state index contributed by atoms with van der Waals surface area (Å²) in [5, 5.41) is 30.4. The first-order valence-electron chi connectivity index (χ1n) is 11.7. The first kappa shape index (κ1) is 20.7. The average molecular weight is 393 g/mol. The van der Waals surface area contributed by atoms with Crippen molar-refractivity contribution in [2.75, 3.05) is 0 Å². The van der Waals surface area contributed by atoms with Gasteiger partial charge in [-0.1, -0.05) is 20.8 Å². The number of fused-ring (bicyclic) bond motifs is 5. The predicted molar refractivity (Wildman–Crippen MR) is 109 cm³/mol. The number of carbonyl (C=O) groups is 1. The van der Waals surface area contributed by atoms with Gasteiger partial charge in [-0.25, -0.2) is 0 Å². The second-order valence-corrected chi connectivity index (χ2v) is 11.4. The minimum Gasteiger partial charge on any atom is -0.481 e. The lowest BCUT2D eigenvalue weighted by molar-refractivity contribution is -0.172. The predicted octanol–water partition coefficient (Wildman–Crippen LogP) is 4.48. The molecule has 0 aliphatic heterocycles. The molecule has 0 bridgehead atoms. The zero-order chi connectivity index (χ0) is 20.3. The van der Waals surface area contributed by atoms with Crippen LogP contribution in [0.2, 0.25) is 0 Å². The molecule has 0 saturated heterocycles. The molecule has 4 heteroatoms. The summed E-state index contributed by atoms with van der Waals surface area (Å²) in [5.74, 6) is 2.61. The Morgan fingerprint density at radius 1 is 0.964 bits per heavy atom. The van der Waals surface area contributed by atoms with Crippen LogP contribution in [-0.2, 0) is 4.79 Å². The molecule has 0 radical (unpaired) electrons. The van der Waals surface area contributed by atoms with Crippen molar-refractivity contribution in [1.82, 2.24) is 0 Å². The van der Waals surface area contributed by atoms with Crippen molar-refractivity contribution in [3.63, 3.8) is 0 Å². The van der Waals surface area contributed by atoms with Crippen LogP contribution in [0, 0.1) is 46.3 Å². The zero-order valence-electron chi connectivity index (χ0n) is 17.9. The summed E-state index contributed by atoms with van der Waals surface area (Å²) in [7, 11) is 0. The van der Waals surface area contributed by atoms with Crippen LogP contribution >= 0.6 is 0 Å². The molecule has 4 nitrogen and oxygen atoms in total. The van der Waals surface area contributed by atoms with Gasteiger partial charge >= 0.3 is 5.97 Å². The van der Waals surface area contributed by atoms with Crippen LogP contribution in [0.3, 0.4) is 0 Å². The Morgan fingerprint density at radius 2 is 1.64 bits per heavy atom. The molecule has 4 aliphatic rings. The number of carboxylic acids is 1. The summed E-state index contributed by atoms with van der Waals surface area (Å²) in [6.07, 6.45) is 9.16. The molecular formula is C24H40O4. The molecule has 0 unspecified atom stereocenters.